The number of carbonyl (C=O) groups is 3. The first kappa shape index (κ1) is 24.8. The van der Waals surface area contributed by atoms with E-state index in [4.69, 9.17) is 9.84 Å². The number of carbonyl (C=O) groups excluding carboxylic acids is 2. The number of amides is 2. The molecule has 7 nitrogen and oxygen atoms in total. The molecule has 0 spiro atoms. The average Bonchev–Trinajstić information content (AvgIpc) is 3.14. The lowest BCUT2D eigenvalue weighted by Crippen LogP contribution is -2.49. The van der Waals surface area contributed by atoms with Gasteiger partial charge < -0.3 is 20.1 Å². The summed E-state index contributed by atoms with van der Waals surface area (Å²) in [5.74, 6) is -0.0912. The van der Waals surface area contributed by atoms with Crippen molar-refractivity contribution in [2.24, 2.45) is 5.92 Å². The van der Waals surface area contributed by atoms with Crippen LogP contribution in [0.25, 0.3) is 11.1 Å². The topological polar surface area (TPSA) is 95.9 Å². The van der Waals surface area contributed by atoms with Crippen LogP contribution in [-0.2, 0) is 14.3 Å². The first-order chi connectivity index (χ1) is 17.0. The third-order valence-corrected chi connectivity index (χ3v) is 6.99. The van der Waals surface area contributed by atoms with Gasteiger partial charge in [0.2, 0.25) is 5.91 Å². The summed E-state index contributed by atoms with van der Waals surface area (Å²) in [5, 5.41) is 11.5. The van der Waals surface area contributed by atoms with Gasteiger partial charge in [-0.25, -0.2) is 4.79 Å². The lowest BCUT2D eigenvalue weighted by molar-refractivity contribution is -0.139. The lowest BCUT2D eigenvalue weighted by atomic mass is 9.93. The molecule has 1 saturated heterocycles. The molecule has 0 atom stereocenters. The first-order valence-electron chi connectivity index (χ1n) is 12.6. The van der Waals surface area contributed by atoms with E-state index in [0.29, 0.717) is 31.9 Å². The highest BCUT2D eigenvalue weighted by molar-refractivity contribution is 5.79. The number of benzene rings is 2. The number of hydrogen-bond acceptors (Lipinski definition) is 4. The molecule has 1 heterocycles. The molecule has 7 heteroatoms. The van der Waals surface area contributed by atoms with E-state index >= 15 is 0 Å². The second-order valence-electron chi connectivity index (χ2n) is 9.51. The van der Waals surface area contributed by atoms with Crippen LogP contribution >= 0.6 is 0 Å². The molecule has 2 N–H and O–H groups in total. The second kappa shape index (κ2) is 11.9. The molecule has 0 unspecified atom stereocenters. The van der Waals surface area contributed by atoms with Crippen LogP contribution in [0.3, 0.4) is 0 Å². The number of aliphatic carboxylic acids is 1. The number of fused-ring (bicyclic) bond motifs is 3. The molecule has 4 rings (SSSR count). The van der Waals surface area contributed by atoms with Crippen LogP contribution in [-0.4, -0.2) is 54.2 Å². The number of ether oxygens (including phenoxy) is 1. The highest BCUT2D eigenvalue weighted by Crippen LogP contribution is 2.44. The van der Waals surface area contributed by atoms with E-state index in [9.17, 15) is 14.4 Å². The third-order valence-electron chi connectivity index (χ3n) is 6.99. The molecule has 0 bridgehead atoms. The monoisotopic (exact) mass is 478 g/mol. The van der Waals surface area contributed by atoms with E-state index in [1.165, 1.54) is 22.3 Å². The molecule has 35 heavy (non-hydrogen) atoms. The molecular formula is C28H34N2O5. The van der Waals surface area contributed by atoms with Crippen LogP contribution in [0.2, 0.25) is 0 Å². The van der Waals surface area contributed by atoms with Crippen LogP contribution in [0.15, 0.2) is 48.5 Å². The van der Waals surface area contributed by atoms with Gasteiger partial charge in [0.1, 0.15) is 6.61 Å². The summed E-state index contributed by atoms with van der Waals surface area (Å²) in [6.45, 7) is 2.34. The minimum Gasteiger partial charge on any atom is -0.481 e. The van der Waals surface area contributed by atoms with Crippen LogP contribution in [0, 0.1) is 5.92 Å². The highest BCUT2D eigenvalue weighted by atomic mass is 16.5. The predicted molar refractivity (Wildman–Crippen MR) is 133 cm³/mol. The summed E-state index contributed by atoms with van der Waals surface area (Å²) in [4.78, 5) is 36.9. The van der Waals surface area contributed by atoms with Crippen molar-refractivity contribution in [1.29, 1.82) is 0 Å². The zero-order chi connectivity index (χ0) is 24.6. The molecule has 0 saturated carbocycles. The molecule has 186 valence electrons. The van der Waals surface area contributed by atoms with Crippen LogP contribution in [0.4, 0.5) is 4.79 Å². The second-order valence-corrected chi connectivity index (χ2v) is 9.51. The molecule has 2 aromatic carbocycles. The summed E-state index contributed by atoms with van der Waals surface area (Å²) in [6, 6.07) is 16.5. The van der Waals surface area contributed by atoms with Gasteiger partial charge in [-0.15, -0.1) is 0 Å². The molecule has 2 aromatic rings. The minimum atomic E-state index is -0.759. The fourth-order valence-electron chi connectivity index (χ4n) is 5.07. The number of likely N-dealkylation sites (tertiary alicyclic amines) is 1. The van der Waals surface area contributed by atoms with Crippen molar-refractivity contribution in [2.45, 2.75) is 50.9 Å². The van der Waals surface area contributed by atoms with Gasteiger partial charge in [-0.1, -0.05) is 55.0 Å². The Hall–Kier alpha value is -3.35. The summed E-state index contributed by atoms with van der Waals surface area (Å²) >= 11 is 0. The van der Waals surface area contributed by atoms with Gasteiger partial charge in [0, 0.05) is 38.4 Å². The summed E-state index contributed by atoms with van der Waals surface area (Å²) < 4.78 is 5.55. The molecule has 1 fully saturated rings. The Bertz CT molecular complexity index is 1000. The Balaban J connectivity index is 1.07. The Labute approximate surface area is 206 Å². The third kappa shape index (κ3) is 6.41. The smallest absolute Gasteiger partial charge is 0.407 e. The summed E-state index contributed by atoms with van der Waals surface area (Å²) in [5.41, 5.74) is 4.80. The maximum Gasteiger partial charge on any atom is 0.407 e. The van der Waals surface area contributed by atoms with Crippen molar-refractivity contribution in [3.05, 3.63) is 59.7 Å². The fourth-order valence-corrected chi connectivity index (χ4v) is 5.07. The van der Waals surface area contributed by atoms with Gasteiger partial charge in [-0.3, -0.25) is 9.59 Å². The van der Waals surface area contributed by atoms with Crippen molar-refractivity contribution in [1.82, 2.24) is 10.2 Å². The van der Waals surface area contributed by atoms with Crippen molar-refractivity contribution < 1.29 is 24.2 Å². The van der Waals surface area contributed by atoms with Crippen molar-refractivity contribution in [3.63, 3.8) is 0 Å². The maximum absolute atomic E-state index is 12.2. The number of nitrogens with one attached hydrogen (secondary N) is 1. The van der Waals surface area contributed by atoms with E-state index in [1.54, 1.807) is 0 Å². The Morgan fingerprint density at radius 1 is 0.886 bits per heavy atom. The van der Waals surface area contributed by atoms with E-state index in [-0.39, 0.29) is 18.2 Å². The Morgan fingerprint density at radius 3 is 2.20 bits per heavy atom. The normalized spacial score (nSPS) is 14.7. The van der Waals surface area contributed by atoms with Gasteiger partial charge in [-0.05, 0) is 53.9 Å². The van der Waals surface area contributed by atoms with Crippen LogP contribution in [0.1, 0.15) is 62.0 Å². The number of rotatable bonds is 12. The molecule has 0 radical (unpaired) electrons. The number of hydrogen-bond donors (Lipinski definition) is 2. The molecule has 2 amide bonds. The largest absolute Gasteiger partial charge is 0.481 e. The molecule has 1 aliphatic carbocycles. The molecule has 0 aromatic heterocycles. The van der Waals surface area contributed by atoms with E-state index in [2.05, 4.69) is 29.6 Å². The first-order valence-corrected chi connectivity index (χ1v) is 12.6. The van der Waals surface area contributed by atoms with Gasteiger partial charge in [0.15, 0.2) is 0 Å². The molecule has 2 aliphatic rings. The van der Waals surface area contributed by atoms with Gasteiger partial charge in [0.05, 0.1) is 0 Å². The number of carboxylic acid groups (broad SMARTS) is 1. The number of alkyl carbamates (subject to hydrolysis) is 1. The number of unbranched alkanes of at least 4 members (excludes halogenated alkanes) is 2. The fraction of sp³-hybridized carbons (Fsp3) is 0.464. The van der Waals surface area contributed by atoms with Gasteiger partial charge in [0.25, 0.3) is 0 Å². The number of nitrogens with zero attached hydrogens (tertiary/aromatic N) is 1. The van der Waals surface area contributed by atoms with Gasteiger partial charge >= 0.3 is 12.1 Å². The summed E-state index contributed by atoms with van der Waals surface area (Å²) in [6.07, 6.45) is 4.33. The van der Waals surface area contributed by atoms with Crippen LogP contribution in [0.5, 0.6) is 0 Å². The quantitative estimate of drug-likeness (QED) is 0.427. The maximum atomic E-state index is 12.2. The molecule has 1 aliphatic heterocycles. The van der Waals surface area contributed by atoms with Crippen molar-refractivity contribution >= 4 is 18.0 Å². The standard InChI is InChI=1S/C28H34N2O5/c31-26(30-17-20(18-30)9-8-15-27(32)33)14-2-1-7-16-29-28(34)35-19-25-23-12-5-3-10-21(23)22-11-4-6-13-24(22)25/h3-6,10-13,20,25H,1-2,7-9,14-19H2,(H,29,34)(H,32,33). The SMILES string of the molecule is O=C(O)CCCC1CN(C(=O)CCCCCNC(=O)OCC2c3ccccc3-c3ccccc32)C1. The predicted octanol–water partition coefficient (Wildman–Crippen LogP) is 4.80. The summed E-state index contributed by atoms with van der Waals surface area (Å²) in [7, 11) is 0. The van der Waals surface area contributed by atoms with Gasteiger partial charge in [-0.2, -0.15) is 0 Å². The van der Waals surface area contributed by atoms with Crippen molar-refractivity contribution in [2.75, 3.05) is 26.2 Å². The minimum absolute atomic E-state index is 0.0532. The zero-order valence-corrected chi connectivity index (χ0v) is 20.1. The Kier molecular flexibility index (Phi) is 8.40. The van der Waals surface area contributed by atoms with E-state index in [0.717, 1.165) is 38.8 Å². The van der Waals surface area contributed by atoms with E-state index < -0.39 is 12.1 Å². The van der Waals surface area contributed by atoms with Crippen molar-refractivity contribution in [3.8, 4) is 11.1 Å². The molecular weight excluding hydrogens is 444 g/mol. The zero-order valence-electron chi connectivity index (χ0n) is 20.1. The van der Waals surface area contributed by atoms with Crippen LogP contribution < -0.4 is 5.32 Å². The Morgan fingerprint density at radius 2 is 1.54 bits per heavy atom. The van der Waals surface area contributed by atoms with E-state index in [1.807, 2.05) is 29.2 Å². The average molecular weight is 479 g/mol. The number of carboxylic acids is 1. The lowest BCUT2D eigenvalue weighted by Gasteiger charge is -2.39. The highest BCUT2D eigenvalue weighted by Gasteiger charge is 2.30.